The third kappa shape index (κ3) is 2.50. The average Bonchev–Trinajstić information content (AvgIpc) is 2.43. The highest BCUT2D eigenvalue weighted by Crippen LogP contribution is 2.25. The van der Waals surface area contributed by atoms with Gasteiger partial charge >= 0.3 is 0 Å². The van der Waals surface area contributed by atoms with Crippen molar-refractivity contribution in [2.24, 2.45) is 0 Å². The number of carbonyl (C=O) groups excluding carboxylic acids is 2. The molecule has 1 aromatic rings. The van der Waals surface area contributed by atoms with Gasteiger partial charge in [0.15, 0.2) is 0 Å². The molecule has 20 heavy (non-hydrogen) atoms. The van der Waals surface area contributed by atoms with Crippen molar-refractivity contribution in [3.05, 3.63) is 29.0 Å². The zero-order valence-corrected chi connectivity index (χ0v) is 12.6. The Kier molecular flexibility index (Phi) is 3.99. The molecule has 0 spiro atoms. The van der Waals surface area contributed by atoms with Crippen LogP contribution in [0.3, 0.4) is 0 Å². The van der Waals surface area contributed by atoms with Gasteiger partial charge in [-0.1, -0.05) is 18.5 Å². The van der Waals surface area contributed by atoms with E-state index in [2.05, 4.69) is 10.3 Å². The van der Waals surface area contributed by atoms with Crippen LogP contribution in [-0.4, -0.2) is 33.3 Å². The Bertz CT molecular complexity index is 549. The van der Waals surface area contributed by atoms with Crippen LogP contribution in [0.15, 0.2) is 18.5 Å². The molecule has 0 radical (unpaired) electrons. The molecule has 2 atom stereocenters. The number of pyridine rings is 1. The van der Waals surface area contributed by atoms with Crippen LogP contribution in [0.2, 0.25) is 5.02 Å². The molecular formula is C14H18ClN3O2. The van der Waals surface area contributed by atoms with Gasteiger partial charge < -0.3 is 10.2 Å². The van der Waals surface area contributed by atoms with E-state index in [1.165, 1.54) is 6.20 Å². The Hall–Kier alpha value is -1.62. The van der Waals surface area contributed by atoms with Crippen molar-refractivity contribution in [2.45, 2.75) is 45.3 Å². The molecule has 0 saturated carbocycles. The Morgan fingerprint density at radius 3 is 2.80 bits per heavy atom. The number of nitrogens with zero attached hydrogens (tertiary/aromatic N) is 2. The molecule has 1 aliphatic rings. The van der Waals surface area contributed by atoms with Crippen molar-refractivity contribution in [2.75, 3.05) is 0 Å². The monoisotopic (exact) mass is 295 g/mol. The second-order valence-corrected chi connectivity index (χ2v) is 5.66. The van der Waals surface area contributed by atoms with E-state index in [9.17, 15) is 9.59 Å². The van der Waals surface area contributed by atoms with Crippen LogP contribution in [0.5, 0.6) is 0 Å². The number of hydrogen-bond donors (Lipinski definition) is 1. The highest BCUT2D eigenvalue weighted by molar-refractivity contribution is 6.31. The van der Waals surface area contributed by atoms with Crippen LogP contribution in [0.1, 0.15) is 32.8 Å². The molecule has 2 heterocycles. The van der Waals surface area contributed by atoms with Crippen molar-refractivity contribution in [3.63, 3.8) is 0 Å². The quantitative estimate of drug-likeness (QED) is 0.924. The minimum atomic E-state index is -0.844. The number of nitrogens with one attached hydrogen (secondary N) is 1. The van der Waals surface area contributed by atoms with Gasteiger partial charge in [-0.25, -0.2) is 0 Å². The average molecular weight is 296 g/mol. The molecule has 2 rings (SSSR count). The lowest BCUT2D eigenvalue weighted by atomic mass is 9.92. The SMILES string of the molecule is CCC1(C)NC(=O)C(C)N(Cc2ccncc2Cl)C1=O. The van der Waals surface area contributed by atoms with E-state index in [1.54, 1.807) is 31.0 Å². The van der Waals surface area contributed by atoms with E-state index in [1.807, 2.05) is 6.92 Å². The molecule has 0 aromatic carbocycles. The topological polar surface area (TPSA) is 62.3 Å². The number of amides is 2. The van der Waals surface area contributed by atoms with Gasteiger partial charge in [0.05, 0.1) is 5.02 Å². The lowest BCUT2D eigenvalue weighted by Gasteiger charge is -2.43. The van der Waals surface area contributed by atoms with E-state index >= 15 is 0 Å². The van der Waals surface area contributed by atoms with Crippen LogP contribution in [0, 0.1) is 0 Å². The van der Waals surface area contributed by atoms with E-state index in [0.29, 0.717) is 18.0 Å². The fourth-order valence-corrected chi connectivity index (χ4v) is 2.41. The summed E-state index contributed by atoms with van der Waals surface area (Å²) in [7, 11) is 0. The summed E-state index contributed by atoms with van der Waals surface area (Å²) in [6, 6.07) is 1.25. The zero-order chi connectivity index (χ0) is 14.9. The third-order valence-electron chi connectivity index (χ3n) is 3.88. The van der Waals surface area contributed by atoms with Crippen molar-refractivity contribution in [1.29, 1.82) is 0 Å². The third-order valence-corrected chi connectivity index (χ3v) is 4.22. The molecule has 1 aromatic heterocycles. The Balaban J connectivity index is 2.31. The minimum Gasteiger partial charge on any atom is -0.340 e. The highest BCUT2D eigenvalue weighted by Gasteiger charge is 2.45. The van der Waals surface area contributed by atoms with Crippen molar-refractivity contribution < 1.29 is 9.59 Å². The van der Waals surface area contributed by atoms with E-state index in [0.717, 1.165) is 5.56 Å². The number of piperazine rings is 1. The molecule has 108 valence electrons. The standard InChI is InChI=1S/C14H18ClN3O2/c1-4-14(3)13(20)18(9(2)12(19)17-14)8-10-5-6-16-7-11(10)15/h5-7,9H,4,8H2,1-3H3,(H,17,19). The van der Waals surface area contributed by atoms with Gasteiger partial charge in [0.2, 0.25) is 11.8 Å². The molecule has 1 N–H and O–H groups in total. The van der Waals surface area contributed by atoms with Gasteiger partial charge in [0.1, 0.15) is 11.6 Å². The van der Waals surface area contributed by atoms with Gasteiger partial charge in [0, 0.05) is 18.9 Å². The van der Waals surface area contributed by atoms with Crippen LogP contribution in [-0.2, 0) is 16.1 Å². The van der Waals surface area contributed by atoms with E-state index < -0.39 is 11.6 Å². The Morgan fingerprint density at radius 2 is 2.20 bits per heavy atom. The maximum Gasteiger partial charge on any atom is 0.249 e. The van der Waals surface area contributed by atoms with E-state index in [4.69, 9.17) is 11.6 Å². The number of halogens is 1. The van der Waals surface area contributed by atoms with Gasteiger partial charge in [0.25, 0.3) is 0 Å². The van der Waals surface area contributed by atoms with E-state index in [-0.39, 0.29) is 11.8 Å². The highest BCUT2D eigenvalue weighted by atomic mass is 35.5. The van der Waals surface area contributed by atoms with Crippen molar-refractivity contribution in [1.82, 2.24) is 15.2 Å². The fourth-order valence-electron chi connectivity index (χ4n) is 2.23. The molecule has 2 unspecified atom stereocenters. The second-order valence-electron chi connectivity index (χ2n) is 5.25. The number of rotatable bonds is 3. The molecular weight excluding hydrogens is 278 g/mol. The summed E-state index contributed by atoms with van der Waals surface area (Å²) in [5.41, 5.74) is -0.0571. The van der Waals surface area contributed by atoms with Crippen molar-refractivity contribution >= 4 is 23.4 Å². The van der Waals surface area contributed by atoms with Crippen molar-refractivity contribution in [3.8, 4) is 0 Å². The van der Waals surface area contributed by atoms with Crippen LogP contribution in [0.25, 0.3) is 0 Å². The first-order valence-corrected chi connectivity index (χ1v) is 6.98. The van der Waals surface area contributed by atoms with Crippen LogP contribution < -0.4 is 5.32 Å². The first kappa shape index (κ1) is 14.8. The first-order chi connectivity index (χ1) is 9.39. The summed E-state index contributed by atoms with van der Waals surface area (Å²) in [6.45, 7) is 5.66. The Morgan fingerprint density at radius 1 is 1.50 bits per heavy atom. The van der Waals surface area contributed by atoms with Gasteiger partial charge in [-0.05, 0) is 31.9 Å². The minimum absolute atomic E-state index is 0.0834. The molecule has 1 aliphatic heterocycles. The molecule has 6 heteroatoms. The van der Waals surface area contributed by atoms with Gasteiger partial charge in [-0.2, -0.15) is 0 Å². The number of aromatic nitrogens is 1. The summed E-state index contributed by atoms with van der Waals surface area (Å²) in [5.74, 6) is -0.223. The predicted molar refractivity (Wildman–Crippen MR) is 76.1 cm³/mol. The predicted octanol–water partition coefficient (Wildman–Crippen LogP) is 1.75. The molecule has 2 amide bonds. The smallest absolute Gasteiger partial charge is 0.249 e. The summed E-state index contributed by atoms with van der Waals surface area (Å²) >= 11 is 6.08. The van der Waals surface area contributed by atoms with Gasteiger partial charge in [-0.3, -0.25) is 14.6 Å². The molecule has 0 aliphatic carbocycles. The number of hydrogen-bond acceptors (Lipinski definition) is 3. The van der Waals surface area contributed by atoms with Crippen LogP contribution >= 0.6 is 11.6 Å². The lowest BCUT2D eigenvalue weighted by molar-refractivity contribution is -0.154. The Labute approximate surface area is 123 Å². The first-order valence-electron chi connectivity index (χ1n) is 6.60. The fraction of sp³-hybridized carbons (Fsp3) is 0.500. The maximum atomic E-state index is 12.6. The van der Waals surface area contributed by atoms with Gasteiger partial charge in [-0.15, -0.1) is 0 Å². The second kappa shape index (κ2) is 5.40. The normalized spacial score (nSPS) is 26.6. The van der Waals surface area contributed by atoms with Crippen LogP contribution in [0.4, 0.5) is 0 Å². The molecule has 1 saturated heterocycles. The largest absolute Gasteiger partial charge is 0.340 e. The summed E-state index contributed by atoms with van der Waals surface area (Å²) in [4.78, 5) is 30.1. The number of carbonyl (C=O) groups is 2. The zero-order valence-electron chi connectivity index (χ0n) is 11.8. The lowest BCUT2D eigenvalue weighted by Crippen LogP contribution is -2.68. The molecule has 0 bridgehead atoms. The maximum absolute atomic E-state index is 12.6. The molecule has 1 fully saturated rings. The summed E-state index contributed by atoms with van der Waals surface area (Å²) in [5, 5.41) is 3.29. The molecule has 5 nitrogen and oxygen atoms in total. The summed E-state index contributed by atoms with van der Waals surface area (Å²) in [6.07, 6.45) is 3.71. The summed E-state index contributed by atoms with van der Waals surface area (Å²) < 4.78 is 0.